The molecule has 8 heteroatoms. The van der Waals surface area contributed by atoms with Crippen molar-refractivity contribution >= 4 is 54.7 Å². The summed E-state index contributed by atoms with van der Waals surface area (Å²) in [5.41, 5.74) is 11.0. The average molecular weight is 710 g/mol. The summed E-state index contributed by atoms with van der Waals surface area (Å²) in [7, 11) is -3.82. The van der Waals surface area contributed by atoms with Gasteiger partial charge in [0.2, 0.25) is 9.84 Å². The topological polar surface area (TPSA) is 76.0 Å². The zero-order chi connectivity index (χ0) is 36.9. The summed E-state index contributed by atoms with van der Waals surface area (Å²) in [4.78, 5) is 2.66. The lowest BCUT2D eigenvalue weighted by Crippen LogP contribution is -2.34. The largest absolute Gasteiger partial charge is 0.312 e. The van der Waals surface area contributed by atoms with E-state index >= 15 is 0 Å². The van der Waals surface area contributed by atoms with Crippen molar-refractivity contribution in [2.75, 3.05) is 4.90 Å². The van der Waals surface area contributed by atoms with Crippen LogP contribution in [0.1, 0.15) is 18.2 Å². The molecule has 0 saturated carbocycles. The third-order valence-electron chi connectivity index (χ3n) is 9.76. The number of hydrogen-bond donors (Lipinski definition) is 0. The van der Waals surface area contributed by atoms with Gasteiger partial charge in [-0.15, -0.1) is 0 Å². The van der Waals surface area contributed by atoms with Crippen molar-refractivity contribution in [2.45, 2.75) is 23.6 Å². The van der Waals surface area contributed by atoms with Crippen LogP contribution in [0.2, 0.25) is 0 Å². The number of sulfone groups is 1. The van der Waals surface area contributed by atoms with E-state index in [9.17, 15) is 13.7 Å². The van der Waals surface area contributed by atoms with Crippen LogP contribution in [0.25, 0.3) is 44.8 Å². The second-order valence-corrected chi connectivity index (χ2v) is 14.7. The van der Waals surface area contributed by atoms with Crippen LogP contribution in [-0.4, -0.2) is 22.1 Å². The van der Waals surface area contributed by atoms with Crippen LogP contribution in [0.5, 0.6) is 0 Å². The van der Waals surface area contributed by atoms with Gasteiger partial charge in [0.05, 0.1) is 60.2 Å². The maximum absolute atomic E-state index is 13.6. The van der Waals surface area contributed by atoms with E-state index in [2.05, 4.69) is 124 Å². The molecular formula is C45H35N5O2S. The minimum absolute atomic E-state index is 0.134. The lowest BCUT2D eigenvalue weighted by molar-refractivity contribution is 0.596. The van der Waals surface area contributed by atoms with E-state index in [0.717, 1.165) is 67.3 Å². The molecular weight excluding hydrogens is 675 g/mol. The van der Waals surface area contributed by atoms with E-state index in [4.69, 9.17) is 0 Å². The molecule has 3 aliphatic heterocycles. The number of rotatable bonds is 7. The number of allylic oxidation sites excluding steroid dienone is 4. The van der Waals surface area contributed by atoms with Crippen LogP contribution in [0.15, 0.2) is 175 Å². The minimum Gasteiger partial charge on any atom is -0.312 e. The normalized spacial score (nSPS) is 12.7. The first kappa shape index (κ1) is 33.3. The van der Waals surface area contributed by atoms with Gasteiger partial charge in [0, 0.05) is 28.5 Å². The Labute approximate surface area is 308 Å². The van der Waals surface area contributed by atoms with Crippen molar-refractivity contribution in [2.24, 2.45) is 0 Å². The molecule has 0 radical (unpaired) electrons. The highest BCUT2D eigenvalue weighted by atomic mass is 32.2. The zero-order valence-electron chi connectivity index (χ0n) is 29.3. The number of hydrogen-bond acceptors (Lipinski definition) is 4. The van der Waals surface area contributed by atoms with Crippen LogP contribution in [0, 0.1) is 18.3 Å². The summed E-state index contributed by atoms with van der Waals surface area (Å²) in [6.45, 7) is 12.4. The molecule has 5 aromatic rings. The molecule has 0 saturated heterocycles. The molecule has 5 aromatic carbocycles. The molecule has 8 rings (SSSR count). The molecule has 0 spiro atoms. The van der Waals surface area contributed by atoms with Crippen LogP contribution >= 0.6 is 0 Å². The highest BCUT2D eigenvalue weighted by molar-refractivity contribution is 7.91. The third kappa shape index (κ3) is 5.29. The summed E-state index contributed by atoms with van der Waals surface area (Å²) < 4.78 is 34.0. The Morgan fingerprint density at radius 2 is 1.19 bits per heavy atom. The molecule has 3 heterocycles. The second-order valence-electron chi connectivity index (χ2n) is 12.8. The maximum atomic E-state index is 13.6. The summed E-state index contributed by atoms with van der Waals surface area (Å²) in [6.07, 6.45) is 5.59. The molecule has 2 bridgehead atoms. The number of aryl methyl sites for hydroxylation is 1. The summed E-state index contributed by atoms with van der Waals surface area (Å²) in [6, 6.07) is 44.4. The molecule has 0 N–H and O–H groups in total. The summed E-state index contributed by atoms with van der Waals surface area (Å²) >= 11 is 0. The van der Waals surface area contributed by atoms with Crippen LogP contribution in [0.4, 0.5) is 11.4 Å². The molecule has 258 valence electrons. The fourth-order valence-electron chi connectivity index (χ4n) is 7.39. The van der Waals surface area contributed by atoms with E-state index in [0.29, 0.717) is 5.56 Å². The number of nitriles is 1. The molecule has 0 amide bonds. The Balaban J connectivity index is 1.49. The van der Waals surface area contributed by atoms with E-state index in [1.54, 1.807) is 18.2 Å². The van der Waals surface area contributed by atoms with E-state index in [1.807, 2.05) is 36.4 Å². The second kappa shape index (κ2) is 13.1. The number of nitrogens with zero attached hydrogens (tertiary/aromatic N) is 5. The number of para-hydroxylation sites is 3. The van der Waals surface area contributed by atoms with Crippen LogP contribution in [0.3, 0.4) is 0 Å². The van der Waals surface area contributed by atoms with E-state index in [-0.39, 0.29) is 9.79 Å². The highest BCUT2D eigenvalue weighted by Crippen LogP contribution is 2.47. The van der Waals surface area contributed by atoms with Gasteiger partial charge >= 0.3 is 0 Å². The van der Waals surface area contributed by atoms with Gasteiger partial charge in [-0.3, -0.25) is 0 Å². The molecule has 0 aromatic heterocycles. The van der Waals surface area contributed by atoms with Crippen molar-refractivity contribution < 1.29 is 8.42 Å². The van der Waals surface area contributed by atoms with Gasteiger partial charge in [0.1, 0.15) is 0 Å². The highest BCUT2D eigenvalue weighted by Gasteiger charge is 2.31. The van der Waals surface area contributed by atoms with Gasteiger partial charge in [-0.25, -0.2) is 8.42 Å². The minimum atomic E-state index is -3.82. The molecule has 0 unspecified atom stereocenters. The van der Waals surface area contributed by atoms with Crippen molar-refractivity contribution in [1.29, 1.82) is 5.26 Å². The molecule has 53 heavy (non-hydrogen) atoms. The van der Waals surface area contributed by atoms with Crippen molar-refractivity contribution in [1.82, 2.24) is 13.7 Å². The number of anilines is 2. The Morgan fingerprint density at radius 3 is 1.77 bits per heavy atom. The SMILES string of the molecule is C=C/C=C(\C=C)n1c2cccc3c2N2C(C)=c(cccc(C)n3-c3ccc(S(=O)(=O)c4ccc(C#N)cc4)cc3)n(-c3ccccc3)c3cccc1c32. The van der Waals surface area contributed by atoms with Gasteiger partial charge < -0.3 is 18.6 Å². The maximum Gasteiger partial charge on any atom is 0.206 e. The first-order valence-corrected chi connectivity index (χ1v) is 18.6. The summed E-state index contributed by atoms with van der Waals surface area (Å²) in [5.74, 6) is 0. The fourth-order valence-corrected chi connectivity index (χ4v) is 8.65. The van der Waals surface area contributed by atoms with Gasteiger partial charge in [-0.1, -0.05) is 55.6 Å². The van der Waals surface area contributed by atoms with Gasteiger partial charge in [-0.2, -0.15) is 5.26 Å². The Hall–Kier alpha value is -6.82. The number of benzene rings is 5. The smallest absolute Gasteiger partial charge is 0.206 e. The third-order valence-corrected chi connectivity index (χ3v) is 11.5. The average Bonchev–Trinajstić information content (AvgIpc) is 3.19. The molecule has 7 nitrogen and oxygen atoms in total. The van der Waals surface area contributed by atoms with Crippen molar-refractivity contribution in [3.63, 3.8) is 0 Å². The number of aromatic nitrogens is 3. The first-order chi connectivity index (χ1) is 25.8. The molecule has 3 aliphatic rings. The standard InChI is InChI=1S/C45H35N5O2S/c1-5-13-34(6-2)49-41-19-11-18-40-44(41)48-32(4)39(50(35-15-8-7-9-16-35)43-21-12-20-42(49)45(43)48)17-10-14-31(3)47(40)36-24-28-38(29-25-36)53(51,52)37-26-22-33(30-46)23-27-37/h5-29H,1-2H2,3-4H3/b17-10?,31-14?,34-13+. The lowest BCUT2D eigenvalue weighted by atomic mass is 10.0. The van der Waals surface area contributed by atoms with Gasteiger partial charge in [-0.05, 0) is 123 Å². The van der Waals surface area contributed by atoms with Gasteiger partial charge in [0.25, 0.3) is 0 Å². The van der Waals surface area contributed by atoms with Gasteiger partial charge in [0.15, 0.2) is 0 Å². The zero-order valence-corrected chi connectivity index (χ0v) is 30.1. The Bertz CT molecular complexity index is 2900. The lowest BCUT2D eigenvalue weighted by Gasteiger charge is -2.38. The predicted octanol–water partition coefficient (Wildman–Crippen LogP) is 9.72. The van der Waals surface area contributed by atoms with E-state index < -0.39 is 9.84 Å². The van der Waals surface area contributed by atoms with Crippen LogP contribution in [-0.2, 0) is 9.84 Å². The summed E-state index contributed by atoms with van der Waals surface area (Å²) in [5, 5.41) is 10.2. The quantitative estimate of drug-likeness (QED) is 0.155. The molecule has 0 aliphatic carbocycles. The van der Waals surface area contributed by atoms with Crippen LogP contribution < -0.4 is 10.2 Å². The molecule has 0 fully saturated rings. The predicted molar refractivity (Wildman–Crippen MR) is 215 cm³/mol. The Kier molecular flexibility index (Phi) is 8.21. The van der Waals surface area contributed by atoms with E-state index in [1.165, 1.54) is 24.3 Å². The van der Waals surface area contributed by atoms with Crippen molar-refractivity contribution in [3.8, 4) is 17.4 Å². The molecule has 0 atom stereocenters. The monoisotopic (exact) mass is 709 g/mol. The first-order valence-electron chi connectivity index (χ1n) is 17.2. The fraction of sp³-hybridized carbons (Fsp3) is 0.0444. The Morgan fingerprint density at radius 1 is 0.642 bits per heavy atom. The van der Waals surface area contributed by atoms with Crippen molar-refractivity contribution in [3.05, 3.63) is 181 Å².